The van der Waals surface area contributed by atoms with E-state index in [0.717, 1.165) is 87.3 Å². The molecule has 7 rings (SSSR count). The Hall–Kier alpha value is -2.49. The van der Waals surface area contributed by atoms with Crippen LogP contribution >= 0.6 is 0 Å². The fourth-order valence-electron chi connectivity index (χ4n) is 7.85. The van der Waals surface area contributed by atoms with Crippen LogP contribution in [0.15, 0.2) is 18.2 Å². The first-order chi connectivity index (χ1) is 18.9. The molecule has 0 bridgehead atoms. The van der Waals surface area contributed by atoms with E-state index in [1.165, 1.54) is 11.1 Å². The average Bonchev–Trinajstić information content (AvgIpc) is 3.35. The van der Waals surface area contributed by atoms with Gasteiger partial charge in [0.2, 0.25) is 0 Å². The number of nitrogens with two attached hydrogens (primary N) is 1. The molecule has 0 saturated carbocycles. The Balaban J connectivity index is 1.24. The van der Waals surface area contributed by atoms with E-state index in [2.05, 4.69) is 21.9 Å². The minimum atomic E-state index is -0.798. The van der Waals surface area contributed by atoms with E-state index < -0.39 is 11.8 Å². The number of aryl methyl sites for hydroxylation is 1. The summed E-state index contributed by atoms with van der Waals surface area (Å²) in [5, 5.41) is 10.3. The molecule has 9 heteroatoms. The van der Waals surface area contributed by atoms with Crippen molar-refractivity contribution >= 4 is 11.5 Å². The molecule has 210 valence electrons. The van der Waals surface area contributed by atoms with Crippen molar-refractivity contribution in [1.29, 1.82) is 0 Å². The molecule has 0 radical (unpaired) electrons. The number of aromatic nitrogens is 2. The van der Waals surface area contributed by atoms with Gasteiger partial charge < -0.3 is 25.2 Å². The van der Waals surface area contributed by atoms with Gasteiger partial charge in [-0.3, -0.25) is 4.90 Å². The Morgan fingerprint density at radius 1 is 1.13 bits per heavy atom. The molecule has 0 amide bonds. The number of aliphatic hydroxyl groups excluding tert-OH is 1. The Labute approximate surface area is 229 Å². The Morgan fingerprint density at radius 2 is 2.05 bits per heavy atom. The van der Waals surface area contributed by atoms with Gasteiger partial charge >= 0.3 is 6.01 Å². The SMILES string of the molecule is Nc1ccc2c(c1)C1(CCC2)Cc2nc(OC[C@@]34CCCN3C[C@H](F)C4)nc(N3CCC[C@H](O)CC3)c2CO1. The van der Waals surface area contributed by atoms with Crippen LogP contribution in [0.5, 0.6) is 6.01 Å². The van der Waals surface area contributed by atoms with Gasteiger partial charge in [0, 0.05) is 43.7 Å². The van der Waals surface area contributed by atoms with Gasteiger partial charge in [0.1, 0.15) is 18.6 Å². The highest BCUT2D eigenvalue weighted by atomic mass is 19.1. The third kappa shape index (κ3) is 4.56. The number of alkyl halides is 1. The summed E-state index contributed by atoms with van der Waals surface area (Å²) in [5.41, 5.74) is 10.7. The van der Waals surface area contributed by atoms with Crippen molar-refractivity contribution < 1.29 is 19.0 Å². The van der Waals surface area contributed by atoms with E-state index in [-0.39, 0.29) is 11.6 Å². The van der Waals surface area contributed by atoms with Gasteiger partial charge in [-0.2, -0.15) is 9.97 Å². The lowest BCUT2D eigenvalue weighted by Crippen LogP contribution is -2.44. The third-order valence-electron chi connectivity index (χ3n) is 9.88. The number of fused-ring (bicyclic) bond motifs is 4. The number of nitrogens with zero attached hydrogens (tertiary/aromatic N) is 4. The molecule has 5 heterocycles. The molecule has 3 fully saturated rings. The van der Waals surface area contributed by atoms with Crippen LogP contribution in [0.3, 0.4) is 0 Å². The van der Waals surface area contributed by atoms with Gasteiger partial charge in [-0.05, 0) is 81.2 Å². The number of halogens is 1. The van der Waals surface area contributed by atoms with Gasteiger partial charge in [0.15, 0.2) is 0 Å². The number of anilines is 2. The number of hydrogen-bond acceptors (Lipinski definition) is 8. The highest BCUT2D eigenvalue weighted by Gasteiger charge is 2.49. The zero-order valence-electron chi connectivity index (χ0n) is 22.7. The second kappa shape index (κ2) is 9.85. The molecule has 4 aliphatic heterocycles. The highest BCUT2D eigenvalue weighted by molar-refractivity contribution is 5.54. The fourth-order valence-corrected chi connectivity index (χ4v) is 7.85. The first-order valence-electron chi connectivity index (χ1n) is 14.8. The molecule has 8 nitrogen and oxygen atoms in total. The standard InChI is InChI=1S/C30H40FN5O3/c31-21-15-29(9-3-12-36(29)17-21)19-38-28-33-26-16-30(10-1-4-20-6-7-22(32)14-25(20)30)39-18-24(26)27(34-28)35-11-2-5-23(37)8-13-35/h6-7,14,21,23,37H,1-5,8-13,15-19,32H2/t21-,23+,29+,30?/m1/s1. The monoisotopic (exact) mass is 537 g/mol. The van der Waals surface area contributed by atoms with E-state index in [0.29, 0.717) is 45.0 Å². The van der Waals surface area contributed by atoms with Gasteiger partial charge in [0.05, 0.1) is 29.5 Å². The number of benzene rings is 1. The first-order valence-corrected chi connectivity index (χ1v) is 14.8. The second-order valence-corrected chi connectivity index (χ2v) is 12.4. The van der Waals surface area contributed by atoms with Gasteiger partial charge in [-0.15, -0.1) is 0 Å². The zero-order valence-corrected chi connectivity index (χ0v) is 22.7. The molecule has 2 aromatic rings. The normalized spacial score (nSPS) is 32.5. The van der Waals surface area contributed by atoms with Crippen LogP contribution in [-0.2, 0) is 29.8 Å². The van der Waals surface area contributed by atoms with Crippen LogP contribution < -0.4 is 15.4 Å². The summed E-state index contributed by atoms with van der Waals surface area (Å²) in [6.45, 7) is 3.82. The lowest BCUT2D eigenvalue weighted by molar-refractivity contribution is -0.0855. The topological polar surface area (TPSA) is 97.0 Å². The maximum Gasteiger partial charge on any atom is 0.318 e. The second-order valence-electron chi connectivity index (χ2n) is 12.4. The van der Waals surface area contributed by atoms with Crippen molar-refractivity contribution in [2.75, 3.05) is 43.4 Å². The van der Waals surface area contributed by atoms with Crippen LogP contribution in [0.2, 0.25) is 0 Å². The van der Waals surface area contributed by atoms with Crippen molar-refractivity contribution in [1.82, 2.24) is 14.9 Å². The molecule has 1 aliphatic carbocycles. The molecule has 5 aliphatic rings. The summed E-state index contributed by atoms with van der Waals surface area (Å²) in [4.78, 5) is 14.5. The van der Waals surface area contributed by atoms with Crippen LogP contribution in [0, 0.1) is 0 Å². The van der Waals surface area contributed by atoms with E-state index in [9.17, 15) is 9.50 Å². The van der Waals surface area contributed by atoms with E-state index in [1.807, 2.05) is 6.07 Å². The molecular weight excluding hydrogens is 497 g/mol. The van der Waals surface area contributed by atoms with E-state index in [1.54, 1.807) is 0 Å². The predicted molar refractivity (Wildman–Crippen MR) is 147 cm³/mol. The van der Waals surface area contributed by atoms with Crippen molar-refractivity contribution in [2.24, 2.45) is 0 Å². The lowest BCUT2D eigenvalue weighted by atomic mass is 9.74. The van der Waals surface area contributed by atoms with Crippen molar-refractivity contribution in [3.63, 3.8) is 0 Å². The van der Waals surface area contributed by atoms with Crippen LogP contribution in [-0.4, -0.2) is 70.6 Å². The summed E-state index contributed by atoms with van der Waals surface area (Å²) in [7, 11) is 0. The van der Waals surface area contributed by atoms with Crippen LogP contribution in [0.4, 0.5) is 15.9 Å². The Kier molecular flexibility index (Phi) is 6.44. The average molecular weight is 538 g/mol. The number of aliphatic hydroxyl groups is 1. The minimum absolute atomic E-state index is 0.254. The number of rotatable bonds is 4. The number of nitrogen functional groups attached to an aromatic ring is 1. The van der Waals surface area contributed by atoms with Crippen LogP contribution in [0.1, 0.15) is 73.8 Å². The molecule has 4 atom stereocenters. The predicted octanol–water partition coefficient (Wildman–Crippen LogP) is 3.67. The molecule has 3 saturated heterocycles. The molecule has 3 N–H and O–H groups in total. The van der Waals surface area contributed by atoms with Gasteiger partial charge in [-0.25, -0.2) is 4.39 Å². The quantitative estimate of drug-likeness (QED) is 0.571. The maximum atomic E-state index is 14.4. The maximum absolute atomic E-state index is 14.4. The summed E-state index contributed by atoms with van der Waals surface area (Å²) < 4.78 is 27.5. The van der Waals surface area contributed by atoms with E-state index in [4.69, 9.17) is 25.2 Å². The minimum Gasteiger partial charge on any atom is -0.461 e. The summed E-state index contributed by atoms with van der Waals surface area (Å²) in [6.07, 6.45) is 7.53. The largest absolute Gasteiger partial charge is 0.461 e. The zero-order chi connectivity index (χ0) is 26.6. The van der Waals surface area contributed by atoms with E-state index >= 15 is 0 Å². The van der Waals surface area contributed by atoms with Crippen LogP contribution in [0.25, 0.3) is 0 Å². The Bertz CT molecular complexity index is 1250. The third-order valence-corrected chi connectivity index (χ3v) is 9.88. The van der Waals surface area contributed by atoms with Gasteiger partial charge in [0.25, 0.3) is 0 Å². The summed E-state index contributed by atoms with van der Waals surface area (Å²) in [5.74, 6) is 0.859. The smallest absolute Gasteiger partial charge is 0.318 e. The molecule has 39 heavy (non-hydrogen) atoms. The molecule has 1 aromatic heterocycles. The summed E-state index contributed by atoms with van der Waals surface area (Å²) in [6, 6.07) is 6.57. The molecular formula is C30H40FN5O3. The number of ether oxygens (including phenoxy) is 2. The molecule has 1 spiro atoms. The first kappa shape index (κ1) is 25.5. The van der Waals surface area contributed by atoms with Crippen molar-refractivity contribution in [2.45, 2.75) is 94.2 Å². The molecule has 1 unspecified atom stereocenters. The van der Waals surface area contributed by atoms with Gasteiger partial charge in [-0.1, -0.05) is 6.07 Å². The lowest BCUT2D eigenvalue weighted by Gasteiger charge is -2.43. The van der Waals surface area contributed by atoms with Crippen molar-refractivity contribution in [3.05, 3.63) is 40.6 Å². The van der Waals surface area contributed by atoms with Crippen molar-refractivity contribution in [3.8, 4) is 6.01 Å². The number of hydrogen-bond donors (Lipinski definition) is 2. The summed E-state index contributed by atoms with van der Waals surface area (Å²) >= 11 is 0. The Morgan fingerprint density at radius 3 is 2.97 bits per heavy atom. The molecule has 1 aromatic carbocycles. The fraction of sp³-hybridized carbons (Fsp3) is 0.667. The highest BCUT2D eigenvalue weighted by Crippen LogP contribution is 2.47.